The molecule has 6 aromatic rings. The molecule has 0 unspecified atom stereocenters. The molecule has 0 bridgehead atoms. The first-order valence-electron chi connectivity index (χ1n) is 15.0. The van der Waals surface area contributed by atoms with Crippen molar-refractivity contribution in [3.63, 3.8) is 0 Å². The highest BCUT2D eigenvalue weighted by molar-refractivity contribution is 6.09. The Morgan fingerprint density at radius 1 is 0.348 bits per heavy atom. The number of hydrogen-bond acceptors (Lipinski definition) is 2. The van der Waals surface area contributed by atoms with E-state index < -0.39 is 0 Å². The van der Waals surface area contributed by atoms with E-state index in [9.17, 15) is 9.59 Å². The summed E-state index contributed by atoms with van der Waals surface area (Å²) >= 11 is 0. The highest BCUT2D eigenvalue weighted by Gasteiger charge is 2.09. The zero-order valence-corrected chi connectivity index (χ0v) is 25.8. The first-order chi connectivity index (χ1) is 22.4. The molecule has 0 aliphatic rings. The van der Waals surface area contributed by atoms with Crippen LogP contribution >= 0.6 is 0 Å². The van der Waals surface area contributed by atoms with Crippen LogP contribution in [-0.2, 0) is 0 Å². The SMILES string of the molecule is Cc1ccc(C(=O)c2ccc(C#Cc3ccccc3)cc2)cc1.Cc1ccc(C(=O)c2cccc(C#Cc3ccccc3)c2)cc1. The molecule has 2 nitrogen and oxygen atoms in total. The minimum atomic E-state index is 0.0216. The van der Waals surface area contributed by atoms with Crippen molar-refractivity contribution in [3.05, 3.63) is 213 Å². The molecule has 0 saturated heterocycles. The number of aryl methyl sites for hydroxylation is 2. The second-order valence-corrected chi connectivity index (χ2v) is 10.8. The van der Waals surface area contributed by atoms with E-state index in [0.29, 0.717) is 22.3 Å². The maximum atomic E-state index is 12.5. The van der Waals surface area contributed by atoms with Gasteiger partial charge in [0.15, 0.2) is 11.6 Å². The average molecular weight is 593 g/mol. The number of carbonyl (C=O) groups is 2. The molecule has 2 heteroatoms. The molecule has 0 saturated carbocycles. The van der Waals surface area contributed by atoms with Crippen molar-refractivity contribution >= 4 is 11.6 Å². The van der Waals surface area contributed by atoms with Gasteiger partial charge >= 0.3 is 0 Å². The van der Waals surface area contributed by atoms with Gasteiger partial charge in [0, 0.05) is 44.5 Å². The summed E-state index contributed by atoms with van der Waals surface area (Å²) in [6, 6.07) is 49.8. The van der Waals surface area contributed by atoms with Crippen molar-refractivity contribution in [2.75, 3.05) is 0 Å². The molecule has 0 aliphatic heterocycles. The number of hydrogen-bond donors (Lipinski definition) is 0. The van der Waals surface area contributed by atoms with Gasteiger partial charge in [-0.25, -0.2) is 0 Å². The van der Waals surface area contributed by atoms with Gasteiger partial charge in [-0.15, -0.1) is 0 Å². The Hall–Kier alpha value is -6.22. The number of rotatable bonds is 4. The molecule has 0 N–H and O–H groups in total. The topological polar surface area (TPSA) is 34.1 Å². The third kappa shape index (κ3) is 8.90. The number of benzene rings is 6. The maximum Gasteiger partial charge on any atom is 0.193 e. The minimum Gasteiger partial charge on any atom is -0.289 e. The number of carbonyl (C=O) groups excluding carboxylic acids is 2. The van der Waals surface area contributed by atoms with Crippen LogP contribution in [0.1, 0.15) is 65.2 Å². The lowest BCUT2D eigenvalue weighted by molar-refractivity contribution is 0.103. The smallest absolute Gasteiger partial charge is 0.193 e. The zero-order valence-electron chi connectivity index (χ0n) is 25.8. The van der Waals surface area contributed by atoms with Gasteiger partial charge in [0.1, 0.15) is 0 Å². The van der Waals surface area contributed by atoms with Gasteiger partial charge in [-0.2, -0.15) is 0 Å². The van der Waals surface area contributed by atoms with E-state index in [1.165, 1.54) is 0 Å². The van der Waals surface area contributed by atoms with E-state index in [0.717, 1.165) is 33.4 Å². The van der Waals surface area contributed by atoms with Crippen molar-refractivity contribution in [3.8, 4) is 23.7 Å². The summed E-state index contributed by atoms with van der Waals surface area (Å²) in [4.78, 5) is 24.9. The summed E-state index contributed by atoms with van der Waals surface area (Å²) in [6.07, 6.45) is 0. The largest absolute Gasteiger partial charge is 0.289 e. The molecule has 220 valence electrons. The van der Waals surface area contributed by atoms with Crippen molar-refractivity contribution in [1.82, 2.24) is 0 Å². The lowest BCUT2D eigenvalue weighted by Crippen LogP contribution is -2.01. The molecule has 0 aromatic heterocycles. The second-order valence-electron chi connectivity index (χ2n) is 10.8. The molecule has 0 heterocycles. The van der Waals surface area contributed by atoms with Crippen LogP contribution in [0.5, 0.6) is 0 Å². The standard InChI is InChI=1S/2C22H16O/c1-17-10-14-20(15-11-17)22(23)21-9-5-8-19(16-21)13-12-18-6-3-2-4-7-18;1-17-7-13-20(14-8-17)22(23)21-15-11-19(12-16-21)10-9-18-5-3-2-4-6-18/h2-11,14-16H,1H3;2-8,11-16H,1H3. The van der Waals surface area contributed by atoms with E-state index in [1.54, 1.807) is 0 Å². The Kier molecular flexibility index (Phi) is 10.5. The molecule has 0 atom stereocenters. The first kappa shape index (κ1) is 31.2. The molecule has 0 spiro atoms. The normalized spacial score (nSPS) is 9.78. The van der Waals surface area contributed by atoms with Gasteiger partial charge < -0.3 is 0 Å². The van der Waals surface area contributed by atoms with Gasteiger partial charge in [-0.1, -0.05) is 132 Å². The van der Waals surface area contributed by atoms with Crippen LogP contribution in [0.15, 0.2) is 158 Å². The summed E-state index contributed by atoms with van der Waals surface area (Å²) in [5, 5.41) is 0. The molecule has 0 amide bonds. The maximum absolute atomic E-state index is 12.5. The molecular formula is C44H32O2. The summed E-state index contributed by atoms with van der Waals surface area (Å²) in [7, 11) is 0. The summed E-state index contributed by atoms with van der Waals surface area (Å²) in [5.41, 5.74) is 8.71. The minimum absolute atomic E-state index is 0.0216. The van der Waals surface area contributed by atoms with E-state index in [-0.39, 0.29) is 11.6 Å². The van der Waals surface area contributed by atoms with Crippen molar-refractivity contribution in [2.45, 2.75) is 13.8 Å². The Balaban J connectivity index is 0.000000181. The molecular weight excluding hydrogens is 560 g/mol. The van der Waals surface area contributed by atoms with Crippen molar-refractivity contribution in [2.24, 2.45) is 0 Å². The van der Waals surface area contributed by atoms with Crippen molar-refractivity contribution < 1.29 is 9.59 Å². The summed E-state index contributed by atoms with van der Waals surface area (Å²) < 4.78 is 0. The van der Waals surface area contributed by atoms with Gasteiger partial charge in [0.05, 0.1) is 0 Å². The molecule has 0 fully saturated rings. The fraction of sp³-hybridized carbons (Fsp3) is 0.0455. The fourth-order valence-electron chi connectivity index (χ4n) is 4.52. The predicted octanol–water partition coefficient (Wildman–Crippen LogP) is 9.25. The number of ketones is 2. The Bertz CT molecular complexity index is 2050. The van der Waals surface area contributed by atoms with Crippen LogP contribution < -0.4 is 0 Å². The Labute approximate surface area is 271 Å². The Morgan fingerprint density at radius 2 is 0.696 bits per heavy atom. The van der Waals surface area contributed by atoms with E-state index in [4.69, 9.17) is 0 Å². The molecule has 6 aromatic carbocycles. The van der Waals surface area contributed by atoms with Gasteiger partial charge in [0.2, 0.25) is 0 Å². The van der Waals surface area contributed by atoms with Crippen LogP contribution in [0, 0.1) is 37.5 Å². The van der Waals surface area contributed by atoms with Crippen LogP contribution in [0.4, 0.5) is 0 Å². The van der Waals surface area contributed by atoms with E-state index in [1.807, 2.05) is 172 Å². The molecule has 0 aliphatic carbocycles. The lowest BCUT2D eigenvalue weighted by Gasteiger charge is -2.02. The predicted molar refractivity (Wildman–Crippen MR) is 187 cm³/mol. The van der Waals surface area contributed by atoms with E-state index >= 15 is 0 Å². The second kappa shape index (κ2) is 15.5. The van der Waals surface area contributed by atoms with Crippen molar-refractivity contribution in [1.29, 1.82) is 0 Å². The van der Waals surface area contributed by atoms with Crippen LogP contribution in [-0.4, -0.2) is 11.6 Å². The van der Waals surface area contributed by atoms with Gasteiger partial charge in [-0.3, -0.25) is 9.59 Å². The monoisotopic (exact) mass is 592 g/mol. The summed E-state index contributed by atoms with van der Waals surface area (Å²) in [6.45, 7) is 4.02. The highest BCUT2D eigenvalue weighted by Crippen LogP contribution is 2.14. The van der Waals surface area contributed by atoms with Crippen LogP contribution in [0.3, 0.4) is 0 Å². The third-order valence-electron chi connectivity index (χ3n) is 7.15. The third-order valence-corrected chi connectivity index (χ3v) is 7.15. The Morgan fingerprint density at radius 3 is 1.15 bits per heavy atom. The first-order valence-corrected chi connectivity index (χ1v) is 15.0. The van der Waals surface area contributed by atoms with E-state index in [2.05, 4.69) is 23.7 Å². The van der Waals surface area contributed by atoms with Crippen LogP contribution in [0.2, 0.25) is 0 Å². The van der Waals surface area contributed by atoms with Gasteiger partial charge in [-0.05, 0) is 74.5 Å². The molecule has 6 rings (SSSR count). The van der Waals surface area contributed by atoms with Gasteiger partial charge in [0.25, 0.3) is 0 Å². The lowest BCUT2D eigenvalue weighted by atomic mass is 10.0. The molecule has 46 heavy (non-hydrogen) atoms. The average Bonchev–Trinajstić information content (AvgIpc) is 3.11. The zero-order chi connectivity index (χ0) is 32.1. The molecule has 0 radical (unpaired) electrons. The van der Waals surface area contributed by atoms with Crippen LogP contribution in [0.25, 0.3) is 0 Å². The fourth-order valence-corrected chi connectivity index (χ4v) is 4.52. The highest BCUT2D eigenvalue weighted by atomic mass is 16.1. The quantitative estimate of drug-likeness (QED) is 0.151. The summed E-state index contributed by atoms with van der Waals surface area (Å²) in [5.74, 6) is 12.5.